The van der Waals surface area contributed by atoms with Gasteiger partial charge in [-0.2, -0.15) is 0 Å². The van der Waals surface area contributed by atoms with Gasteiger partial charge in [-0.3, -0.25) is 4.79 Å². The summed E-state index contributed by atoms with van der Waals surface area (Å²) in [6, 6.07) is 2.02. The van der Waals surface area contributed by atoms with Gasteiger partial charge in [-0.05, 0) is 64.9 Å². The Hall–Kier alpha value is -0.650. The summed E-state index contributed by atoms with van der Waals surface area (Å²) in [5.41, 5.74) is 1.08. The number of halogens is 1. The summed E-state index contributed by atoms with van der Waals surface area (Å²) < 4.78 is 1.09. The van der Waals surface area contributed by atoms with Gasteiger partial charge in [0.15, 0.2) is 0 Å². The summed E-state index contributed by atoms with van der Waals surface area (Å²) in [4.78, 5) is 13.9. The van der Waals surface area contributed by atoms with Gasteiger partial charge >= 0.3 is 0 Å². The fourth-order valence-electron chi connectivity index (χ4n) is 2.17. The van der Waals surface area contributed by atoms with E-state index in [1.165, 1.54) is 0 Å². The third kappa shape index (κ3) is 3.67. The maximum atomic E-state index is 12.0. The molecule has 0 aromatic carbocycles. The normalized spacial score (nSPS) is 19.9. The molecule has 1 aliphatic heterocycles. The summed E-state index contributed by atoms with van der Waals surface area (Å²) in [5, 5.41) is 5.20. The highest BCUT2D eigenvalue weighted by atomic mass is 79.9. The molecule has 0 aliphatic carbocycles. The first-order valence-corrected chi connectivity index (χ1v) is 7.72. The number of hydrogen-bond acceptors (Lipinski definition) is 3. The van der Waals surface area contributed by atoms with Gasteiger partial charge in [-0.1, -0.05) is 0 Å². The van der Waals surface area contributed by atoms with Gasteiger partial charge in [0.05, 0.1) is 3.79 Å². The maximum absolute atomic E-state index is 12.0. The van der Waals surface area contributed by atoms with Crippen molar-refractivity contribution in [2.75, 3.05) is 26.7 Å². The Bertz CT molecular complexity index is 444. The Morgan fingerprint density at radius 1 is 1.72 bits per heavy atom. The van der Waals surface area contributed by atoms with Gasteiger partial charge in [-0.15, -0.1) is 11.3 Å². The zero-order chi connectivity index (χ0) is 13.0. The molecule has 18 heavy (non-hydrogen) atoms. The predicted molar refractivity (Wildman–Crippen MR) is 79.7 cm³/mol. The van der Waals surface area contributed by atoms with Gasteiger partial charge < -0.3 is 10.2 Å². The van der Waals surface area contributed by atoms with Crippen LogP contribution in [-0.4, -0.2) is 37.5 Å². The second kappa shape index (κ2) is 6.50. The second-order valence-corrected chi connectivity index (χ2v) is 6.80. The third-order valence-corrected chi connectivity index (χ3v) is 4.62. The van der Waals surface area contributed by atoms with Crippen molar-refractivity contribution in [2.45, 2.75) is 6.42 Å². The first-order chi connectivity index (χ1) is 8.69. The van der Waals surface area contributed by atoms with Crippen LogP contribution in [0, 0.1) is 5.92 Å². The lowest BCUT2D eigenvalue weighted by molar-refractivity contribution is -0.125. The molecule has 1 aliphatic rings. The highest BCUT2D eigenvalue weighted by Gasteiger charge is 2.24. The molecule has 2 heterocycles. The van der Waals surface area contributed by atoms with Crippen LogP contribution in [-0.2, 0) is 4.79 Å². The summed E-state index contributed by atoms with van der Waals surface area (Å²) in [7, 11) is 1.96. The number of carbonyl (C=O) groups excluding carboxylic acids is 1. The molecular formula is C13H17BrN2OS. The molecular weight excluding hydrogens is 312 g/mol. The van der Waals surface area contributed by atoms with E-state index in [2.05, 4.69) is 21.2 Å². The monoisotopic (exact) mass is 328 g/mol. The number of thiophene rings is 1. The fourth-order valence-corrected chi connectivity index (χ4v) is 3.32. The topological polar surface area (TPSA) is 32.3 Å². The predicted octanol–water partition coefficient (Wildman–Crippen LogP) is 2.59. The lowest BCUT2D eigenvalue weighted by Gasteiger charge is -2.14. The van der Waals surface area contributed by atoms with Crippen LogP contribution in [0.4, 0.5) is 0 Å². The van der Waals surface area contributed by atoms with Crippen molar-refractivity contribution in [1.29, 1.82) is 0 Å². The number of nitrogens with zero attached hydrogens (tertiary/aromatic N) is 1. The molecule has 1 fully saturated rings. The number of hydrogen-bond donors (Lipinski definition) is 1. The van der Waals surface area contributed by atoms with E-state index < -0.39 is 0 Å². The zero-order valence-electron chi connectivity index (χ0n) is 10.4. The molecule has 0 radical (unpaired) electrons. The minimum atomic E-state index is 0.121. The molecule has 0 spiro atoms. The van der Waals surface area contributed by atoms with Crippen molar-refractivity contribution in [3.63, 3.8) is 0 Å². The molecule has 1 aromatic rings. The van der Waals surface area contributed by atoms with E-state index in [-0.39, 0.29) is 5.91 Å². The molecule has 1 N–H and O–H groups in total. The van der Waals surface area contributed by atoms with Crippen molar-refractivity contribution < 1.29 is 4.79 Å². The van der Waals surface area contributed by atoms with Crippen LogP contribution in [0.5, 0.6) is 0 Å². The van der Waals surface area contributed by atoms with Crippen LogP contribution in [0.1, 0.15) is 12.0 Å². The minimum Gasteiger partial charge on any atom is -0.339 e. The van der Waals surface area contributed by atoms with Crippen molar-refractivity contribution in [2.24, 2.45) is 5.92 Å². The van der Waals surface area contributed by atoms with E-state index in [0.717, 1.165) is 35.4 Å². The Balaban J connectivity index is 1.87. The molecule has 1 amide bonds. The molecule has 1 atom stereocenters. The van der Waals surface area contributed by atoms with E-state index in [9.17, 15) is 4.79 Å². The summed E-state index contributed by atoms with van der Waals surface area (Å²) in [6.45, 7) is 2.74. The maximum Gasteiger partial charge on any atom is 0.246 e. The molecule has 1 aromatic heterocycles. The number of nitrogens with one attached hydrogen (secondary N) is 1. The van der Waals surface area contributed by atoms with E-state index in [1.54, 1.807) is 17.4 Å². The lowest BCUT2D eigenvalue weighted by atomic mass is 10.1. The number of amides is 1. The average molecular weight is 329 g/mol. The van der Waals surface area contributed by atoms with Crippen molar-refractivity contribution in [3.05, 3.63) is 26.9 Å². The lowest BCUT2D eigenvalue weighted by Crippen LogP contribution is -2.28. The van der Waals surface area contributed by atoms with E-state index in [0.29, 0.717) is 5.92 Å². The van der Waals surface area contributed by atoms with E-state index in [4.69, 9.17) is 0 Å². The molecule has 3 nitrogen and oxygen atoms in total. The smallest absolute Gasteiger partial charge is 0.246 e. The van der Waals surface area contributed by atoms with Crippen LogP contribution in [0.3, 0.4) is 0 Å². The van der Waals surface area contributed by atoms with E-state index in [1.807, 2.05) is 29.5 Å². The molecule has 98 valence electrons. The van der Waals surface area contributed by atoms with Gasteiger partial charge in [0.25, 0.3) is 0 Å². The van der Waals surface area contributed by atoms with Gasteiger partial charge in [0.2, 0.25) is 5.91 Å². The van der Waals surface area contributed by atoms with Crippen molar-refractivity contribution >= 4 is 39.2 Å². The SMILES string of the molecule is CNCC1CCN(C(=O)/C=C/c2csc(Br)c2)C1. The fraction of sp³-hybridized carbons (Fsp3) is 0.462. The number of likely N-dealkylation sites (tertiary alicyclic amines) is 1. The van der Waals surface area contributed by atoms with Crippen molar-refractivity contribution in [3.8, 4) is 0 Å². The Kier molecular flexibility index (Phi) is 4.97. The Morgan fingerprint density at radius 2 is 2.56 bits per heavy atom. The zero-order valence-corrected chi connectivity index (χ0v) is 12.8. The third-order valence-electron chi connectivity index (χ3n) is 3.10. The molecule has 5 heteroatoms. The summed E-state index contributed by atoms with van der Waals surface area (Å²) in [6.07, 6.45) is 4.66. The van der Waals surface area contributed by atoms with Crippen LogP contribution >= 0.6 is 27.3 Å². The summed E-state index contributed by atoms with van der Waals surface area (Å²) >= 11 is 5.04. The first kappa shape index (κ1) is 13.8. The van der Waals surface area contributed by atoms with Gasteiger partial charge in [0, 0.05) is 19.2 Å². The molecule has 0 bridgehead atoms. The number of carbonyl (C=O) groups is 1. The van der Waals surface area contributed by atoms with Crippen LogP contribution in [0.15, 0.2) is 21.3 Å². The summed E-state index contributed by atoms with van der Waals surface area (Å²) in [5.74, 6) is 0.721. The highest BCUT2D eigenvalue weighted by molar-refractivity contribution is 9.11. The average Bonchev–Trinajstić information content (AvgIpc) is 2.96. The first-order valence-electron chi connectivity index (χ1n) is 6.04. The second-order valence-electron chi connectivity index (χ2n) is 4.51. The Morgan fingerprint density at radius 3 is 3.22 bits per heavy atom. The van der Waals surface area contributed by atoms with Crippen LogP contribution in [0.2, 0.25) is 0 Å². The largest absolute Gasteiger partial charge is 0.339 e. The minimum absolute atomic E-state index is 0.121. The molecule has 0 saturated carbocycles. The molecule has 1 saturated heterocycles. The Labute approximate surface area is 120 Å². The van der Waals surface area contributed by atoms with Crippen molar-refractivity contribution in [1.82, 2.24) is 10.2 Å². The molecule has 2 rings (SSSR count). The molecule has 1 unspecified atom stereocenters. The van der Waals surface area contributed by atoms with Gasteiger partial charge in [-0.25, -0.2) is 0 Å². The van der Waals surface area contributed by atoms with E-state index >= 15 is 0 Å². The quantitative estimate of drug-likeness (QED) is 0.861. The van der Waals surface area contributed by atoms with Gasteiger partial charge in [0.1, 0.15) is 0 Å². The van der Waals surface area contributed by atoms with Crippen LogP contribution < -0.4 is 5.32 Å². The van der Waals surface area contributed by atoms with Crippen LogP contribution in [0.25, 0.3) is 6.08 Å². The standard InChI is InChI=1S/C13H17BrN2OS/c1-15-7-11-4-5-16(8-11)13(17)3-2-10-6-12(14)18-9-10/h2-3,6,9,11,15H,4-5,7-8H2,1H3/b3-2+. The number of rotatable bonds is 4. The highest BCUT2D eigenvalue weighted by Crippen LogP contribution is 2.22.